The number of β-amino-alcohol motifs (C(OH)–C–C–N with tert-alkyl or cyclic N) is 1. The molecule has 0 bridgehead atoms. The molecular weight excluding hydrogens is 997 g/mol. The van der Waals surface area contributed by atoms with E-state index in [1.807, 2.05) is 91.5 Å². The second-order valence-corrected chi connectivity index (χ2v) is 22.4. The number of aromatic nitrogens is 2. The van der Waals surface area contributed by atoms with Gasteiger partial charge in [0.2, 0.25) is 29.5 Å². The second kappa shape index (κ2) is 28.9. The van der Waals surface area contributed by atoms with Crippen LogP contribution in [0, 0.1) is 18.3 Å². The predicted molar refractivity (Wildman–Crippen MR) is 296 cm³/mol. The van der Waals surface area contributed by atoms with Crippen molar-refractivity contribution in [2.75, 3.05) is 65.7 Å². The Bertz CT molecular complexity index is 2590. The Hall–Kier alpha value is -6.34. The summed E-state index contributed by atoms with van der Waals surface area (Å²) >= 11 is 1.57. The van der Waals surface area contributed by atoms with Crippen molar-refractivity contribution in [3.63, 3.8) is 0 Å². The van der Waals surface area contributed by atoms with Gasteiger partial charge in [0, 0.05) is 82.7 Å². The predicted octanol–water partition coefficient (Wildman–Crippen LogP) is 6.69. The summed E-state index contributed by atoms with van der Waals surface area (Å²) in [5.74, 6) is -0.261. The van der Waals surface area contributed by atoms with Crippen LogP contribution in [0.1, 0.15) is 124 Å². The van der Waals surface area contributed by atoms with Crippen molar-refractivity contribution in [1.29, 1.82) is 0 Å². The van der Waals surface area contributed by atoms with Crippen molar-refractivity contribution in [3.8, 4) is 10.4 Å². The molecule has 3 aliphatic heterocycles. The normalized spacial score (nSPS) is 17.9. The minimum atomic E-state index is -0.945. The van der Waals surface area contributed by atoms with Crippen LogP contribution in [0.15, 0.2) is 84.6 Å². The number of benzene rings is 2. The van der Waals surface area contributed by atoms with Crippen LogP contribution in [0.2, 0.25) is 0 Å². The zero-order chi connectivity index (χ0) is 54.7. The van der Waals surface area contributed by atoms with Crippen LogP contribution >= 0.6 is 11.3 Å². The monoisotopic (exact) mass is 1070 g/mol. The van der Waals surface area contributed by atoms with E-state index in [9.17, 15) is 33.9 Å². The van der Waals surface area contributed by atoms with E-state index in [2.05, 4.69) is 38.1 Å². The molecule has 3 fully saturated rings. The lowest BCUT2D eigenvalue weighted by molar-refractivity contribution is -0.144. The molecule has 5 heterocycles. The third-order valence-electron chi connectivity index (χ3n) is 14.8. The number of pyridine rings is 1. The van der Waals surface area contributed by atoms with Gasteiger partial charge in [-0.15, -0.1) is 11.3 Å². The molecular formula is C59H78N8O9S. The van der Waals surface area contributed by atoms with Gasteiger partial charge in [-0.25, -0.2) is 4.98 Å². The number of carbonyl (C=O) groups is 6. The van der Waals surface area contributed by atoms with Gasteiger partial charge >= 0.3 is 0 Å². The van der Waals surface area contributed by atoms with Crippen LogP contribution in [0.25, 0.3) is 16.5 Å². The number of hydrogen-bond acceptors (Lipinski definition) is 12. The molecule has 2 aromatic carbocycles. The molecule has 3 saturated heterocycles. The van der Waals surface area contributed by atoms with Gasteiger partial charge in [-0.1, -0.05) is 76.1 Å². The maximum Gasteiger partial charge on any atom is 0.253 e. The molecule has 0 saturated carbocycles. The quantitative estimate of drug-likeness (QED) is 0.0429. The molecule has 17 nitrogen and oxygen atoms in total. The maximum absolute atomic E-state index is 14.0. The van der Waals surface area contributed by atoms with E-state index in [-0.39, 0.29) is 88.3 Å². The number of aliphatic hydroxyl groups is 1. The number of piperidine rings is 2. The molecule has 0 aliphatic carbocycles. The average Bonchev–Trinajstić information content (AvgIpc) is 4.08. The zero-order valence-electron chi connectivity index (χ0n) is 45.3. The standard InChI is InChI=1S/C59H78N8O9S/c1-41-54(77-40-63-41)47-13-10-44(11-14-47)38-62-56(72)50-36-49(68)39-67(50)58(74)55(59(2,3)4)64-52(70)24-32-75-34-35-76-33-25-53(71)65-30-22-46(23-31-65)45-15-17-48(18-16-45)57(73)66-28-20-42(21-29-66)8-5-6-27-61-51(69)19-12-43-9-7-26-60-37-43/h7,9-19,26,37,40,42,46,49-50,55,68H,5-6,8,20-25,27-36,38-39H2,1-4H3,(H,61,69)(H,62,72)(H,64,70)/b19-12+/t49-,50+,55-/m1/s1. The molecule has 18 heteroatoms. The highest BCUT2D eigenvalue weighted by molar-refractivity contribution is 7.13. The number of nitrogens with one attached hydrogen (secondary N) is 3. The zero-order valence-corrected chi connectivity index (χ0v) is 46.1. The van der Waals surface area contributed by atoms with Gasteiger partial charge in [0.1, 0.15) is 12.1 Å². The summed E-state index contributed by atoms with van der Waals surface area (Å²) in [6, 6.07) is 17.8. The highest BCUT2D eigenvalue weighted by Gasteiger charge is 2.44. The van der Waals surface area contributed by atoms with Crippen LogP contribution in [0.3, 0.4) is 0 Å². The van der Waals surface area contributed by atoms with Gasteiger partial charge in [0.05, 0.1) is 55.0 Å². The first kappa shape index (κ1) is 58.3. The third kappa shape index (κ3) is 17.6. The Kier molecular flexibility index (Phi) is 21.9. The lowest BCUT2D eigenvalue weighted by Gasteiger charge is -2.35. The number of nitrogens with zero attached hydrogens (tertiary/aromatic N) is 5. The molecule has 414 valence electrons. The topological polar surface area (TPSA) is 213 Å². The van der Waals surface area contributed by atoms with E-state index in [4.69, 9.17) is 9.47 Å². The minimum absolute atomic E-state index is 0.00458. The molecule has 3 atom stereocenters. The highest BCUT2D eigenvalue weighted by atomic mass is 32.1. The Morgan fingerprint density at radius 2 is 1.55 bits per heavy atom. The Balaban J connectivity index is 0.718. The molecule has 2 aromatic heterocycles. The molecule has 4 N–H and O–H groups in total. The van der Waals surface area contributed by atoms with Gasteiger partial charge in [-0.05, 0) is 103 Å². The summed E-state index contributed by atoms with van der Waals surface area (Å²) < 4.78 is 11.4. The van der Waals surface area contributed by atoms with E-state index >= 15 is 0 Å². The fourth-order valence-electron chi connectivity index (χ4n) is 10.3. The van der Waals surface area contributed by atoms with Gasteiger partial charge < -0.3 is 45.2 Å². The van der Waals surface area contributed by atoms with Crippen LogP contribution < -0.4 is 16.0 Å². The number of ether oxygens (including phenoxy) is 2. The summed E-state index contributed by atoms with van der Waals surface area (Å²) in [6.45, 7) is 12.0. The largest absolute Gasteiger partial charge is 0.391 e. The van der Waals surface area contributed by atoms with Gasteiger partial charge in [-0.3, -0.25) is 33.8 Å². The van der Waals surface area contributed by atoms with E-state index in [0.717, 1.165) is 85.3 Å². The molecule has 0 unspecified atom stereocenters. The van der Waals surface area contributed by atoms with Crippen molar-refractivity contribution in [2.45, 2.75) is 123 Å². The summed E-state index contributed by atoms with van der Waals surface area (Å²) in [5.41, 5.74) is 6.80. The first-order chi connectivity index (χ1) is 37.1. The average molecular weight is 1080 g/mol. The van der Waals surface area contributed by atoms with Crippen LogP contribution in [-0.4, -0.2) is 149 Å². The summed E-state index contributed by atoms with van der Waals surface area (Å²) in [6.07, 6.45) is 12.9. The van der Waals surface area contributed by atoms with Gasteiger partial charge in [0.25, 0.3) is 5.91 Å². The number of thiazole rings is 1. The third-order valence-corrected chi connectivity index (χ3v) is 15.8. The van der Waals surface area contributed by atoms with Gasteiger partial charge in [0.15, 0.2) is 0 Å². The fraction of sp³-hybridized carbons (Fsp3) is 0.525. The van der Waals surface area contributed by atoms with Crippen LogP contribution in [-0.2, 0) is 40.0 Å². The SMILES string of the molecule is Cc1ncsc1-c1ccc(CNC(=O)[C@@H]2C[C@@H](O)CN2C(=O)[C@@H](NC(=O)CCOCCOCCC(=O)N2CCC(c3ccc(C(=O)N4CCC(CCCCNC(=O)/C=C/c5cccnc5)CC4)cc3)CC2)C(C)(C)C)cc1. The molecule has 77 heavy (non-hydrogen) atoms. The summed E-state index contributed by atoms with van der Waals surface area (Å²) in [4.78, 5) is 93.8. The fourth-order valence-corrected chi connectivity index (χ4v) is 11.1. The van der Waals surface area contributed by atoms with Gasteiger partial charge in [-0.2, -0.15) is 0 Å². The number of aryl methyl sites for hydroxylation is 1. The minimum Gasteiger partial charge on any atom is -0.391 e. The van der Waals surface area contributed by atoms with Crippen molar-refractivity contribution < 1.29 is 43.3 Å². The number of hydrogen-bond donors (Lipinski definition) is 4. The van der Waals surface area contributed by atoms with Crippen molar-refractivity contribution in [2.24, 2.45) is 11.3 Å². The number of carbonyl (C=O) groups excluding carboxylic acids is 6. The van der Waals surface area contributed by atoms with Crippen molar-refractivity contribution in [1.82, 2.24) is 40.6 Å². The molecule has 0 spiro atoms. The van der Waals surface area contributed by atoms with Crippen molar-refractivity contribution >= 4 is 52.9 Å². The highest BCUT2D eigenvalue weighted by Crippen LogP contribution is 2.31. The van der Waals surface area contributed by atoms with E-state index in [0.29, 0.717) is 37.0 Å². The smallest absolute Gasteiger partial charge is 0.253 e. The number of rotatable bonds is 24. The molecule has 3 aliphatic rings. The molecule has 4 aromatic rings. The van der Waals surface area contributed by atoms with E-state index < -0.39 is 29.5 Å². The number of amides is 6. The van der Waals surface area contributed by atoms with E-state index in [1.54, 1.807) is 29.8 Å². The second-order valence-electron chi connectivity index (χ2n) is 21.6. The summed E-state index contributed by atoms with van der Waals surface area (Å²) in [7, 11) is 0. The first-order valence-electron chi connectivity index (χ1n) is 27.4. The summed E-state index contributed by atoms with van der Waals surface area (Å²) in [5, 5.41) is 19.3. The molecule has 6 amide bonds. The maximum atomic E-state index is 14.0. The number of aliphatic hydroxyl groups excluding tert-OH is 1. The number of likely N-dealkylation sites (tertiary alicyclic amines) is 3. The Morgan fingerprint density at radius 1 is 0.844 bits per heavy atom. The van der Waals surface area contributed by atoms with Crippen LogP contribution in [0.5, 0.6) is 0 Å². The van der Waals surface area contributed by atoms with Crippen LogP contribution in [0.4, 0.5) is 0 Å². The molecule has 7 rings (SSSR count). The Morgan fingerprint density at radius 3 is 2.21 bits per heavy atom. The van der Waals surface area contributed by atoms with Crippen molar-refractivity contribution in [3.05, 3.63) is 113 Å². The lowest BCUT2D eigenvalue weighted by Crippen LogP contribution is -2.57. The molecule has 0 radical (unpaired) electrons. The number of unbranched alkanes of at least 4 members (excludes halogenated alkanes) is 1. The Labute approximate surface area is 457 Å². The lowest BCUT2D eigenvalue weighted by atomic mass is 9.85. The first-order valence-corrected chi connectivity index (χ1v) is 28.2. The van der Waals surface area contributed by atoms with E-state index in [1.165, 1.54) is 16.5 Å².